The van der Waals surface area contributed by atoms with Crippen LogP contribution in [0.4, 0.5) is 4.39 Å². The summed E-state index contributed by atoms with van der Waals surface area (Å²) in [7, 11) is -3.90. The van der Waals surface area contributed by atoms with Crippen molar-refractivity contribution < 1.29 is 12.8 Å². The van der Waals surface area contributed by atoms with Gasteiger partial charge in [0, 0.05) is 30.7 Å². The van der Waals surface area contributed by atoms with Gasteiger partial charge in [0.05, 0.1) is 17.4 Å². The normalized spacial score (nSPS) is 11.9. The number of halogens is 1. The fourth-order valence-electron chi connectivity index (χ4n) is 2.89. The molecule has 0 radical (unpaired) electrons. The Morgan fingerprint density at radius 1 is 1.15 bits per heavy atom. The number of aromatic nitrogens is 3. The molecule has 2 aromatic heterocycles. The van der Waals surface area contributed by atoms with Crippen molar-refractivity contribution in [1.29, 1.82) is 0 Å². The van der Waals surface area contributed by atoms with Gasteiger partial charge in [-0.15, -0.1) is 0 Å². The number of aromatic amines is 1. The number of fused-ring (bicyclic) bond motifs is 1. The number of nitrogens with zero attached hydrogens (tertiary/aromatic N) is 2. The van der Waals surface area contributed by atoms with Crippen molar-refractivity contribution in [3.05, 3.63) is 78.8 Å². The number of benzene rings is 2. The fourth-order valence-corrected chi connectivity index (χ4v) is 4.08. The van der Waals surface area contributed by atoms with Gasteiger partial charge in [0.15, 0.2) is 0 Å². The highest BCUT2D eigenvalue weighted by molar-refractivity contribution is 7.89. The van der Waals surface area contributed by atoms with Crippen molar-refractivity contribution in [2.45, 2.75) is 11.4 Å². The van der Waals surface area contributed by atoms with Crippen LogP contribution in [0.5, 0.6) is 0 Å². The molecule has 0 amide bonds. The summed E-state index contributed by atoms with van der Waals surface area (Å²) in [5.74, 6) is -0.581. The SMILES string of the molecule is O=S(=O)(NCc1ccccc1-n1ccnc1)c1c[nH]c2cccc(F)c12. The molecule has 2 N–H and O–H groups in total. The quantitative estimate of drug-likeness (QED) is 0.567. The van der Waals surface area contributed by atoms with Crippen molar-refractivity contribution in [2.75, 3.05) is 0 Å². The molecule has 132 valence electrons. The monoisotopic (exact) mass is 370 g/mol. The Bertz CT molecular complexity index is 1170. The number of para-hydroxylation sites is 1. The van der Waals surface area contributed by atoms with E-state index in [4.69, 9.17) is 0 Å². The lowest BCUT2D eigenvalue weighted by atomic mass is 10.2. The number of H-pyrrole nitrogens is 1. The minimum atomic E-state index is -3.90. The summed E-state index contributed by atoms with van der Waals surface area (Å²) in [5.41, 5.74) is 2.02. The second kappa shape index (κ2) is 6.40. The first kappa shape index (κ1) is 16.5. The third-order valence-corrected chi connectivity index (χ3v) is 5.56. The number of imidazole rings is 1. The van der Waals surface area contributed by atoms with Gasteiger partial charge in [-0.3, -0.25) is 0 Å². The Kier molecular flexibility index (Phi) is 4.06. The summed E-state index contributed by atoms with van der Waals surface area (Å²) in [5, 5.41) is 0.0582. The standard InChI is InChI=1S/C18H15FN4O2S/c19-14-5-3-6-15-18(14)17(11-21-15)26(24,25)22-10-13-4-1-2-7-16(13)23-9-8-20-12-23/h1-9,11-12,21-22H,10H2. The van der Waals surface area contributed by atoms with Gasteiger partial charge < -0.3 is 9.55 Å². The Hall–Kier alpha value is -2.97. The molecular weight excluding hydrogens is 355 g/mol. The van der Waals surface area contributed by atoms with E-state index in [1.807, 2.05) is 24.3 Å². The zero-order valence-electron chi connectivity index (χ0n) is 13.6. The van der Waals surface area contributed by atoms with Gasteiger partial charge in [0.25, 0.3) is 0 Å². The number of hydrogen-bond donors (Lipinski definition) is 2. The third-order valence-electron chi connectivity index (χ3n) is 4.14. The minimum absolute atomic E-state index is 0.0582. The van der Waals surface area contributed by atoms with E-state index in [2.05, 4.69) is 14.7 Å². The molecule has 0 aliphatic heterocycles. The van der Waals surface area contributed by atoms with Gasteiger partial charge in [-0.25, -0.2) is 22.5 Å². The Morgan fingerprint density at radius 2 is 2.00 bits per heavy atom. The topological polar surface area (TPSA) is 79.8 Å². The lowest BCUT2D eigenvalue weighted by molar-refractivity contribution is 0.580. The van der Waals surface area contributed by atoms with Gasteiger partial charge >= 0.3 is 0 Å². The second-order valence-corrected chi connectivity index (χ2v) is 7.47. The van der Waals surface area contributed by atoms with E-state index >= 15 is 0 Å². The lowest BCUT2D eigenvalue weighted by Crippen LogP contribution is -2.23. The van der Waals surface area contributed by atoms with Crippen LogP contribution in [0.1, 0.15) is 5.56 Å². The van der Waals surface area contributed by atoms with Crippen molar-refractivity contribution >= 4 is 20.9 Å². The van der Waals surface area contributed by atoms with E-state index in [9.17, 15) is 12.8 Å². The molecule has 0 aliphatic rings. The molecule has 4 rings (SSSR count). The smallest absolute Gasteiger partial charge is 0.243 e. The molecule has 4 aromatic rings. The van der Waals surface area contributed by atoms with Crippen LogP contribution in [0, 0.1) is 5.82 Å². The Balaban J connectivity index is 1.66. The fraction of sp³-hybridized carbons (Fsp3) is 0.0556. The van der Waals surface area contributed by atoms with Crippen LogP contribution in [-0.2, 0) is 16.6 Å². The molecule has 26 heavy (non-hydrogen) atoms. The first-order chi connectivity index (χ1) is 12.6. The summed E-state index contributed by atoms with van der Waals surface area (Å²) in [6.45, 7) is 0.0673. The van der Waals surface area contributed by atoms with E-state index in [0.717, 1.165) is 11.3 Å². The Morgan fingerprint density at radius 3 is 2.81 bits per heavy atom. The second-order valence-electron chi connectivity index (χ2n) is 5.74. The first-order valence-corrected chi connectivity index (χ1v) is 9.36. The van der Waals surface area contributed by atoms with Gasteiger partial charge in [-0.2, -0.15) is 0 Å². The summed E-state index contributed by atoms with van der Waals surface area (Å²) in [6.07, 6.45) is 6.37. The highest BCUT2D eigenvalue weighted by Gasteiger charge is 2.21. The van der Waals surface area contributed by atoms with Crippen molar-refractivity contribution in [3.63, 3.8) is 0 Å². The molecule has 0 spiro atoms. The van der Waals surface area contributed by atoms with Gasteiger partial charge in [0.1, 0.15) is 10.7 Å². The molecular formula is C18H15FN4O2S. The van der Waals surface area contributed by atoms with E-state index in [1.165, 1.54) is 18.3 Å². The number of hydrogen-bond acceptors (Lipinski definition) is 3. The predicted molar refractivity (Wildman–Crippen MR) is 95.8 cm³/mol. The predicted octanol–water partition coefficient (Wildman–Crippen LogP) is 2.97. The molecule has 2 aromatic carbocycles. The highest BCUT2D eigenvalue weighted by atomic mass is 32.2. The summed E-state index contributed by atoms with van der Waals surface area (Å²) in [4.78, 5) is 6.70. The molecule has 8 heteroatoms. The van der Waals surface area contributed by atoms with Gasteiger partial charge in [-0.1, -0.05) is 24.3 Å². The number of sulfonamides is 1. The maximum Gasteiger partial charge on any atom is 0.243 e. The molecule has 2 heterocycles. The maximum absolute atomic E-state index is 14.1. The molecule has 0 unspecified atom stereocenters. The van der Waals surface area contributed by atoms with Crippen LogP contribution in [0.3, 0.4) is 0 Å². The van der Waals surface area contributed by atoms with E-state index < -0.39 is 15.8 Å². The van der Waals surface area contributed by atoms with Crippen molar-refractivity contribution in [3.8, 4) is 5.69 Å². The lowest BCUT2D eigenvalue weighted by Gasteiger charge is -2.11. The molecule has 0 bridgehead atoms. The molecule has 0 fully saturated rings. The molecule has 0 aliphatic carbocycles. The minimum Gasteiger partial charge on any atom is -0.360 e. The van der Waals surface area contributed by atoms with E-state index in [-0.39, 0.29) is 16.8 Å². The van der Waals surface area contributed by atoms with E-state index in [0.29, 0.717) is 5.52 Å². The van der Waals surface area contributed by atoms with Gasteiger partial charge in [0.2, 0.25) is 10.0 Å². The molecule has 0 atom stereocenters. The van der Waals surface area contributed by atoms with E-state index in [1.54, 1.807) is 29.4 Å². The maximum atomic E-state index is 14.1. The largest absolute Gasteiger partial charge is 0.360 e. The first-order valence-electron chi connectivity index (χ1n) is 7.88. The summed E-state index contributed by atoms with van der Waals surface area (Å²) < 4.78 is 43.9. The highest BCUT2D eigenvalue weighted by Crippen LogP contribution is 2.25. The number of rotatable bonds is 5. The average molecular weight is 370 g/mol. The van der Waals surface area contributed by atoms with Crippen LogP contribution < -0.4 is 4.72 Å². The van der Waals surface area contributed by atoms with Crippen LogP contribution in [-0.4, -0.2) is 23.0 Å². The van der Waals surface area contributed by atoms with Crippen LogP contribution >= 0.6 is 0 Å². The zero-order chi connectivity index (χ0) is 18.1. The zero-order valence-corrected chi connectivity index (χ0v) is 14.4. The van der Waals surface area contributed by atoms with Crippen LogP contribution in [0.15, 0.2) is 72.3 Å². The molecule has 0 saturated carbocycles. The van der Waals surface area contributed by atoms with Crippen LogP contribution in [0.25, 0.3) is 16.6 Å². The van der Waals surface area contributed by atoms with Crippen LogP contribution in [0.2, 0.25) is 0 Å². The van der Waals surface area contributed by atoms with Crippen molar-refractivity contribution in [1.82, 2.24) is 19.3 Å². The third kappa shape index (κ3) is 2.89. The summed E-state index contributed by atoms with van der Waals surface area (Å²) >= 11 is 0. The van der Waals surface area contributed by atoms with Gasteiger partial charge in [-0.05, 0) is 23.8 Å². The van der Waals surface area contributed by atoms with Crippen molar-refractivity contribution in [2.24, 2.45) is 0 Å². The molecule has 6 nitrogen and oxygen atoms in total. The average Bonchev–Trinajstić information content (AvgIpc) is 3.31. The summed E-state index contributed by atoms with van der Waals surface area (Å²) in [6, 6.07) is 11.8. The number of nitrogens with one attached hydrogen (secondary N) is 2. The Labute approximate surface area is 149 Å². The molecule has 0 saturated heterocycles.